The number of carbonyl (C=O) groups is 2. The number of nitrogens with one attached hydrogen (secondary N) is 1. The summed E-state index contributed by atoms with van der Waals surface area (Å²) in [4.78, 5) is 26.9. The molecule has 1 spiro atoms. The number of aliphatic hydroxyl groups excluding tert-OH is 1. The van der Waals surface area contributed by atoms with E-state index < -0.39 is 17.7 Å². The number of aliphatic hydroxyl groups is 1. The molecule has 1 heterocycles. The van der Waals surface area contributed by atoms with Gasteiger partial charge in [-0.05, 0) is 53.5 Å². The summed E-state index contributed by atoms with van der Waals surface area (Å²) in [5.41, 5.74) is -0.869. The molecule has 0 bridgehead atoms. The van der Waals surface area contributed by atoms with Gasteiger partial charge in [0.25, 0.3) is 5.91 Å². The quantitative estimate of drug-likeness (QED) is 0.737. The zero-order valence-electron chi connectivity index (χ0n) is 17.9. The SMILES string of the molecule is CC1CC(C)(C)CC2(C1)NC(=O)N(CC(O)COc1ccc3ccccc3c1)C2=O. The van der Waals surface area contributed by atoms with Crippen LogP contribution in [0.2, 0.25) is 0 Å². The zero-order valence-corrected chi connectivity index (χ0v) is 17.9. The molecule has 1 aliphatic heterocycles. The average Bonchev–Trinajstić information content (AvgIpc) is 2.88. The van der Waals surface area contributed by atoms with E-state index in [4.69, 9.17) is 4.74 Å². The molecule has 2 N–H and O–H groups in total. The molecule has 2 aliphatic rings. The Kier molecular flexibility index (Phi) is 5.22. The van der Waals surface area contributed by atoms with Gasteiger partial charge in [-0.2, -0.15) is 0 Å². The van der Waals surface area contributed by atoms with Crippen LogP contribution in [0, 0.1) is 11.3 Å². The van der Waals surface area contributed by atoms with E-state index in [-0.39, 0.29) is 24.5 Å². The highest BCUT2D eigenvalue weighted by Crippen LogP contribution is 2.46. The van der Waals surface area contributed by atoms with Gasteiger partial charge in [0.1, 0.15) is 24.0 Å². The van der Waals surface area contributed by atoms with Gasteiger partial charge in [-0.3, -0.25) is 9.69 Å². The molecule has 0 radical (unpaired) electrons. The second kappa shape index (κ2) is 7.58. The topological polar surface area (TPSA) is 78.9 Å². The maximum absolute atomic E-state index is 13.2. The summed E-state index contributed by atoms with van der Waals surface area (Å²) in [6.07, 6.45) is 1.33. The van der Waals surface area contributed by atoms with Gasteiger partial charge in [-0.15, -0.1) is 0 Å². The summed E-state index contributed by atoms with van der Waals surface area (Å²) >= 11 is 0. The number of rotatable bonds is 5. The fraction of sp³-hybridized carbons (Fsp3) is 0.500. The molecule has 1 saturated heterocycles. The Hall–Kier alpha value is -2.60. The van der Waals surface area contributed by atoms with Gasteiger partial charge in [0.05, 0.1) is 6.54 Å². The lowest BCUT2D eigenvalue weighted by Gasteiger charge is -2.43. The average molecular weight is 411 g/mol. The van der Waals surface area contributed by atoms with E-state index in [9.17, 15) is 14.7 Å². The van der Waals surface area contributed by atoms with Crippen molar-refractivity contribution < 1.29 is 19.4 Å². The van der Waals surface area contributed by atoms with Crippen LogP contribution in [0.25, 0.3) is 10.8 Å². The van der Waals surface area contributed by atoms with Crippen molar-refractivity contribution >= 4 is 22.7 Å². The smallest absolute Gasteiger partial charge is 0.325 e. The summed E-state index contributed by atoms with van der Waals surface area (Å²) in [7, 11) is 0. The predicted octanol–water partition coefficient (Wildman–Crippen LogP) is 3.72. The first-order valence-electron chi connectivity index (χ1n) is 10.6. The maximum Gasteiger partial charge on any atom is 0.325 e. The lowest BCUT2D eigenvalue weighted by atomic mass is 9.64. The molecule has 3 amide bonds. The zero-order chi connectivity index (χ0) is 21.5. The number of hydrogen-bond acceptors (Lipinski definition) is 4. The number of ether oxygens (including phenoxy) is 1. The molecular formula is C24H30N2O4. The molecule has 0 aromatic heterocycles. The van der Waals surface area contributed by atoms with E-state index in [1.807, 2.05) is 42.5 Å². The van der Waals surface area contributed by atoms with Gasteiger partial charge < -0.3 is 15.2 Å². The van der Waals surface area contributed by atoms with Crippen molar-refractivity contribution in [1.82, 2.24) is 10.2 Å². The van der Waals surface area contributed by atoms with Crippen molar-refractivity contribution in [2.75, 3.05) is 13.2 Å². The molecule has 1 aliphatic carbocycles. The summed E-state index contributed by atoms with van der Waals surface area (Å²) in [5, 5.41) is 15.6. The molecule has 6 nitrogen and oxygen atoms in total. The summed E-state index contributed by atoms with van der Waals surface area (Å²) in [6.45, 7) is 6.33. The van der Waals surface area contributed by atoms with Crippen LogP contribution in [-0.4, -0.2) is 46.7 Å². The van der Waals surface area contributed by atoms with E-state index >= 15 is 0 Å². The number of β-amino-alcohol motifs (C(OH)–C–C–N with tert-alkyl or cyclic N) is 1. The van der Waals surface area contributed by atoms with E-state index in [0.29, 0.717) is 24.5 Å². The lowest BCUT2D eigenvalue weighted by molar-refractivity contribution is -0.135. The molecule has 3 unspecified atom stereocenters. The first-order chi connectivity index (χ1) is 14.2. The molecular weight excluding hydrogens is 380 g/mol. The second-order valence-electron chi connectivity index (χ2n) is 9.76. The van der Waals surface area contributed by atoms with Crippen LogP contribution in [0.5, 0.6) is 5.75 Å². The van der Waals surface area contributed by atoms with Gasteiger partial charge in [-0.25, -0.2) is 4.79 Å². The van der Waals surface area contributed by atoms with Crippen LogP contribution in [0.15, 0.2) is 42.5 Å². The Morgan fingerprint density at radius 1 is 1.17 bits per heavy atom. The number of carbonyl (C=O) groups excluding carboxylic acids is 2. The number of imide groups is 1. The van der Waals surface area contributed by atoms with Gasteiger partial charge in [0, 0.05) is 0 Å². The third-order valence-electron chi connectivity index (χ3n) is 6.18. The predicted molar refractivity (Wildman–Crippen MR) is 115 cm³/mol. The Morgan fingerprint density at radius 2 is 1.90 bits per heavy atom. The van der Waals surface area contributed by atoms with Crippen LogP contribution < -0.4 is 10.1 Å². The molecule has 30 heavy (non-hydrogen) atoms. The van der Waals surface area contributed by atoms with Crippen molar-refractivity contribution in [3.8, 4) is 5.75 Å². The second-order valence-corrected chi connectivity index (χ2v) is 9.76. The van der Waals surface area contributed by atoms with E-state index in [1.54, 1.807) is 0 Å². The standard InChI is InChI=1S/C24H30N2O4/c1-16-11-23(2,3)15-24(12-16)21(28)26(22(29)25-24)13-19(27)14-30-20-9-8-17-6-4-5-7-18(17)10-20/h4-10,16,19,27H,11-15H2,1-3H3,(H,25,29). The third-order valence-corrected chi connectivity index (χ3v) is 6.18. The van der Waals surface area contributed by atoms with Crippen LogP contribution in [-0.2, 0) is 4.79 Å². The third kappa shape index (κ3) is 4.01. The first kappa shape index (κ1) is 20.7. The van der Waals surface area contributed by atoms with E-state index in [0.717, 1.165) is 22.1 Å². The largest absolute Gasteiger partial charge is 0.491 e. The van der Waals surface area contributed by atoms with Crippen molar-refractivity contribution in [1.29, 1.82) is 0 Å². The number of fused-ring (bicyclic) bond motifs is 1. The fourth-order valence-corrected chi connectivity index (χ4v) is 5.38. The van der Waals surface area contributed by atoms with E-state index in [2.05, 4.69) is 26.1 Å². The van der Waals surface area contributed by atoms with Gasteiger partial charge in [0.15, 0.2) is 0 Å². The van der Waals surface area contributed by atoms with Crippen molar-refractivity contribution in [3.63, 3.8) is 0 Å². The molecule has 2 fully saturated rings. The van der Waals surface area contributed by atoms with E-state index in [1.165, 1.54) is 0 Å². The highest BCUT2D eigenvalue weighted by atomic mass is 16.5. The maximum atomic E-state index is 13.2. The minimum absolute atomic E-state index is 0.00426. The Bertz CT molecular complexity index is 973. The number of benzene rings is 2. The molecule has 3 atom stereocenters. The lowest BCUT2D eigenvalue weighted by Crippen LogP contribution is -2.54. The molecule has 4 rings (SSSR count). The number of nitrogens with zero attached hydrogens (tertiary/aromatic N) is 1. The minimum atomic E-state index is -0.963. The Balaban J connectivity index is 1.39. The van der Waals surface area contributed by atoms with Crippen LogP contribution in [0.3, 0.4) is 0 Å². The van der Waals surface area contributed by atoms with Crippen molar-refractivity contribution in [2.45, 2.75) is 51.7 Å². The van der Waals surface area contributed by atoms with Crippen LogP contribution >= 0.6 is 0 Å². The summed E-state index contributed by atoms with van der Waals surface area (Å²) in [5.74, 6) is 0.764. The Labute approximate surface area is 177 Å². The summed E-state index contributed by atoms with van der Waals surface area (Å²) < 4.78 is 5.72. The van der Waals surface area contributed by atoms with Gasteiger partial charge in [0.2, 0.25) is 0 Å². The molecule has 1 saturated carbocycles. The van der Waals surface area contributed by atoms with Gasteiger partial charge >= 0.3 is 6.03 Å². The molecule has 2 aromatic carbocycles. The van der Waals surface area contributed by atoms with Crippen molar-refractivity contribution in [2.24, 2.45) is 11.3 Å². The fourth-order valence-electron chi connectivity index (χ4n) is 5.38. The van der Waals surface area contributed by atoms with Crippen LogP contribution in [0.1, 0.15) is 40.0 Å². The molecule has 6 heteroatoms. The highest BCUT2D eigenvalue weighted by Gasteiger charge is 2.56. The minimum Gasteiger partial charge on any atom is -0.491 e. The van der Waals surface area contributed by atoms with Crippen LogP contribution in [0.4, 0.5) is 4.79 Å². The highest BCUT2D eigenvalue weighted by molar-refractivity contribution is 6.07. The van der Waals surface area contributed by atoms with Crippen molar-refractivity contribution in [3.05, 3.63) is 42.5 Å². The summed E-state index contributed by atoms with van der Waals surface area (Å²) in [6, 6.07) is 13.3. The normalized spacial score (nSPS) is 26.8. The number of hydrogen-bond donors (Lipinski definition) is 2. The number of amides is 3. The molecule has 160 valence electrons. The Morgan fingerprint density at radius 3 is 2.63 bits per heavy atom. The molecule has 2 aromatic rings. The van der Waals surface area contributed by atoms with Gasteiger partial charge in [-0.1, -0.05) is 51.1 Å². The first-order valence-corrected chi connectivity index (χ1v) is 10.6. The monoisotopic (exact) mass is 410 g/mol. The number of urea groups is 1.